The molecule has 47 heavy (non-hydrogen) atoms. The molecule has 0 bridgehead atoms. The van der Waals surface area contributed by atoms with Crippen LogP contribution >= 0.6 is 0 Å². The van der Waals surface area contributed by atoms with Gasteiger partial charge in [-0.05, 0) is 118 Å². The Bertz CT molecular complexity index is 2410. The first-order valence-electron chi connectivity index (χ1n) is 15.8. The molecule has 4 nitrogen and oxygen atoms in total. The molecule has 0 atom stereocenters. The normalized spacial score (nSPS) is 13.2. The predicted molar refractivity (Wildman–Crippen MR) is 188 cm³/mol. The van der Waals surface area contributed by atoms with Crippen LogP contribution in [0.15, 0.2) is 161 Å². The Labute approximate surface area is 274 Å². The molecule has 0 amide bonds. The minimum atomic E-state index is -3.55. The number of hydrogen-bond acceptors (Lipinski definition) is 4. The highest BCUT2D eigenvalue weighted by Gasteiger charge is 2.26. The molecule has 0 saturated carbocycles. The fourth-order valence-electron chi connectivity index (χ4n) is 6.95. The van der Waals surface area contributed by atoms with Gasteiger partial charge in [0.15, 0.2) is 11.5 Å². The molecule has 0 saturated heterocycles. The molecular weight excluding hydrogens is 599 g/mol. The third-order valence-electron chi connectivity index (χ3n) is 9.35. The van der Waals surface area contributed by atoms with Gasteiger partial charge >= 0.3 is 0 Å². The van der Waals surface area contributed by atoms with Crippen molar-refractivity contribution >= 4 is 37.7 Å². The number of nitrogens with zero attached hydrogens (tertiary/aromatic N) is 1. The first-order valence-corrected chi connectivity index (χ1v) is 17.2. The van der Waals surface area contributed by atoms with Gasteiger partial charge in [0.25, 0.3) is 0 Å². The van der Waals surface area contributed by atoms with E-state index in [1.807, 2.05) is 42.5 Å². The lowest BCUT2D eigenvalue weighted by atomic mass is 9.83. The SMILES string of the molecule is O=S(=O)(c1ccccc1)c1ccc(-c2ccc3c(c2)Cc2cc4ccc(N5c6ccccc6Oc6ccccc65)cc4cc2C3)cc1. The van der Waals surface area contributed by atoms with Crippen molar-refractivity contribution in [3.63, 3.8) is 0 Å². The fourth-order valence-corrected chi connectivity index (χ4v) is 8.23. The molecule has 5 heteroatoms. The summed E-state index contributed by atoms with van der Waals surface area (Å²) in [4.78, 5) is 2.89. The van der Waals surface area contributed by atoms with Crippen molar-refractivity contribution in [1.29, 1.82) is 0 Å². The van der Waals surface area contributed by atoms with Crippen LogP contribution in [0.25, 0.3) is 21.9 Å². The zero-order valence-corrected chi connectivity index (χ0v) is 26.2. The van der Waals surface area contributed by atoms with E-state index in [9.17, 15) is 8.42 Å². The van der Waals surface area contributed by atoms with Gasteiger partial charge in [0, 0.05) is 5.69 Å². The topological polar surface area (TPSA) is 46.6 Å². The van der Waals surface area contributed by atoms with E-state index in [4.69, 9.17) is 4.74 Å². The van der Waals surface area contributed by atoms with Gasteiger partial charge in [-0.2, -0.15) is 0 Å². The van der Waals surface area contributed by atoms with Gasteiger partial charge in [0.05, 0.1) is 21.2 Å². The predicted octanol–water partition coefficient (Wildman–Crippen LogP) is 10.4. The number of ether oxygens (including phenoxy) is 1. The summed E-state index contributed by atoms with van der Waals surface area (Å²) in [6.45, 7) is 0. The second-order valence-corrected chi connectivity index (χ2v) is 14.2. The highest BCUT2D eigenvalue weighted by Crippen LogP contribution is 2.50. The van der Waals surface area contributed by atoms with E-state index < -0.39 is 9.84 Å². The third kappa shape index (κ3) is 4.70. The summed E-state index contributed by atoms with van der Waals surface area (Å²) in [7, 11) is -3.55. The average Bonchev–Trinajstić information content (AvgIpc) is 3.12. The Kier molecular flexibility index (Phi) is 6.30. The number of hydrogen-bond donors (Lipinski definition) is 0. The molecule has 0 fully saturated rings. The van der Waals surface area contributed by atoms with Gasteiger partial charge in [-0.15, -0.1) is 0 Å². The van der Waals surface area contributed by atoms with E-state index in [2.05, 4.69) is 77.7 Å². The van der Waals surface area contributed by atoms with E-state index in [0.29, 0.717) is 9.79 Å². The first kappa shape index (κ1) is 27.6. The van der Waals surface area contributed by atoms with Crippen LogP contribution in [0, 0.1) is 0 Å². The molecule has 1 heterocycles. The summed E-state index contributed by atoms with van der Waals surface area (Å²) in [6.07, 6.45) is 1.74. The van der Waals surface area contributed by atoms with Crippen molar-refractivity contribution in [2.75, 3.05) is 4.90 Å². The zero-order valence-electron chi connectivity index (χ0n) is 25.4. The molecule has 0 radical (unpaired) electrons. The third-order valence-corrected chi connectivity index (χ3v) is 11.1. The molecule has 0 N–H and O–H groups in total. The van der Waals surface area contributed by atoms with Crippen LogP contribution in [0.2, 0.25) is 0 Å². The Morgan fingerprint density at radius 1 is 0.468 bits per heavy atom. The van der Waals surface area contributed by atoms with Crippen LogP contribution in [0.1, 0.15) is 22.3 Å². The van der Waals surface area contributed by atoms with Crippen LogP contribution in [-0.2, 0) is 22.7 Å². The Morgan fingerprint density at radius 3 is 1.77 bits per heavy atom. The van der Waals surface area contributed by atoms with Crippen LogP contribution < -0.4 is 9.64 Å². The molecule has 7 aromatic rings. The van der Waals surface area contributed by atoms with E-state index >= 15 is 0 Å². The maximum Gasteiger partial charge on any atom is 0.206 e. The lowest BCUT2D eigenvalue weighted by molar-refractivity contribution is 0.477. The van der Waals surface area contributed by atoms with Crippen LogP contribution in [-0.4, -0.2) is 8.42 Å². The average molecular weight is 628 g/mol. The zero-order chi connectivity index (χ0) is 31.5. The monoisotopic (exact) mass is 627 g/mol. The summed E-state index contributed by atoms with van der Waals surface area (Å²) in [5.41, 5.74) is 10.6. The summed E-state index contributed by atoms with van der Waals surface area (Å²) in [5, 5.41) is 2.44. The molecule has 1 aliphatic heterocycles. The number of anilines is 3. The van der Waals surface area contributed by atoms with Gasteiger partial charge in [0.2, 0.25) is 9.84 Å². The number of sulfone groups is 1. The largest absolute Gasteiger partial charge is 0.453 e. The van der Waals surface area contributed by atoms with Crippen molar-refractivity contribution in [2.45, 2.75) is 22.6 Å². The quantitative estimate of drug-likeness (QED) is 0.195. The number of para-hydroxylation sites is 4. The summed E-state index contributed by atoms with van der Waals surface area (Å²) >= 11 is 0. The van der Waals surface area contributed by atoms with E-state index in [-0.39, 0.29) is 0 Å². The molecule has 1 aliphatic carbocycles. The molecule has 0 unspecified atom stereocenters. The molecule has 7 aromatic carbocycles. The summed E-state index contributed by atoms with van der Waals surface area (Å²) in [5.74, 6) is 1.70. The molecule has 0 spiro atoms. The Balaban J connectivity index is 1.02. The van der Waals surface area contributed by atoms with Crippen LogP contribution in [0.5, 0.6) is 11.5 Å². The second-order valence-electron chi connectivity index (χ2n) is 12.2. The molecular formula is C42H29NO3S. The maximum atomic E-state index is 13.1. The molecule has 0 aromatic heterocycles. The molecule has 9 rings (SSSR count). The number of rotatable bonds is 4. The highest BCUT2D eigenvalue weighted by molar-refractivity contribution is 7.91. The van der Waals surface area contributed by atoms with Gasteiger partial charge in [-0.3, -0.25) is 0 Å². The minimum Gasteiger partial charge on any atom is -0.453 e. The van der Waals surface area contributed by atoms with Gasteiger partial charge in [0.1, 0.15) is 0 Å². The van der Waals surface area contributed by atoms with Crippen LogP contribution in [0.4, 0.5) is 17.1 Å². The second kappa shape index (κ2) is 10.7. The van der Waals surface area contributed by atoms with Crippen molar-refractivity contribution in [1.82, 2.24) is 0 Å². The van der Waals surface area contributed by atoms with E-state index in [0.717, 1.165) is 52.5 Å². The Hall–Kier alpha value is -5.65. The fraction of sp³-hybridized carbons (Fsp3) is 0.0476. The van der Waals surface area contributed by atoms with Crippen molar-refractivity contribution in [3.8, 4) is 22.6 Å². The Morgan fingerprint density at radius 2 is 1.04 bits per heavy atom. The van der Waals surface area contributed by atoms with Crippen molar-refractivity contribution < 1.29 is 13.2 Å². The van der Waals surface area contributed by atoms with Gasteiger partial charge in [-0.25, -0.2) is 8.42 Å². The number of fused-ring (bicyclic) bond motifs is 5. The lowest BCUT2D eigenvalue weighted by Crippen LogP contribution is -2.15. The van der Waals surface area contributed by atoms with Crippen molar-refractivity contribution in [3.05, 3.63) is 174 Å². The van der Waals surface area contributed by atoms with E-state index in [1.165, 1.54) is 33.0 Å². The summed E-state index contributed by atoms with van der Waals surface area (Å²) < 4.78 is 32.4. The van der Waals surface area contributed by atoms with E-state index in [1.54, 1.807) is 36.4 Å². The summed E-state index contributed by atoms with van der Waals surface area (Å²) in [6, 6.07) is 50.2. The smallest absolute Gasteiger partial charge is 0.206 e. The van der Waals surface area contributed by atoms with Gasteiger partial charge in [-0.1, -0.05) is 91.0 Å². The number of benzene rings is 7. The van der Waals surface area contributed by atoms with Crippen LogP contribution in [0.3, 0.4) is 0 Å². The first-order chi connectivity index (χ1) is 23.0. The minimum absolute atomic E-state index is 0.302. The molecule has 2 aliphatic rings. The molecule has 226 valence electrons. The maximum absolute atomic E-state index is 13.1. The highest BCUT2D eigenvalue weighted by atomic mass is 32.2. The van der Waals surface area contributed by atoms with Crippen molar-refractivity contribution in [2.24, 2.45) is 0 Å². The van der Waals surface area contributed by atoms with Gasteiger partial charge < -0.3 is 9.64 Å². The standard InChI is InChI=1S/C42H29NO3S/c44-47(45,37-8-2-1-3-9-37)38-20-17-28(18-21-38)29-14-15-30-23-34-26-35-27-36(19-16-31(35)24-33(34)25-32(30)22-29)43-39-10-4-6-12-41(39)46-42-13-7-5-11-40(42)43/h1-22,24,26-27H,23,25H2. The lowest BCUT2D eigenvalue weighted by Gasteiger charge is -2.33.